The smallest absolute Gasteiger partial charge is 0.313 e. The number of nitrogens with one attached hydrogen (secondary N) is 1. The molecule has 5 heteroatoms. The predicted molar refractivity (Wildman–Crippen MR) is 58.2 cm³/mol. The van der Waals surface area contributed by atoms with Crippen LogP contribution >= 0.6 is 0 Å². The van der Waals surface area contributed by atoms with E-state index in [0.29, 0.717) is 0 Å². The van der Waals surface area contributed by atoms with Gasteiger partial charge in [-0.2, -0.15) is 13.2 Å². The van der Waals surface area contributed by atoms with Gasteiger partial charge in [-0.25, -0.2) is 4.39 Å². The van der Waals surface area contributed by atoms with Crippen LogP contribution in [-0.4, -0.2) is 13.2 Å². The normalized spacial score (nSPS) is 13.8. The third-order valence-corrected chi connectivity index (χ3v) is 2.59. The molecular formula is C12H15F4N. The molecule has 1 aromatic carbocycles. The summed E-state index contributed by atoms with van der Waals surface area (Å²) < 4.78 is 49.9. The molecule has 1 N–H and O–H groups in total. The van der Waals surface area contributed by atoms with Gasteiger partial charge in [-0.1, -0.05) is 17.7 Å². The van der Waals surface area contributed by atoms with Crippen LogP contribution in [0.25, 0.3) is 0 Å². The van der Waals surface area contributed by atoms with E-state index in [-0.39, 0.29) is 12.0 Å². The van der Waals surface area contributed by atoms with Crippen molar-refractivity contribution >= 4 is 0 Å². The van der Waals surface area contributed by atoms with Crippen molar-refractivity contribution in [2.75, 3.05) is 7.05 Å². The second kappa shape index (κ2) is 5.49. The Kier molecular flexibility index (Phi) is 4.51. The standard InChI is InChI=1S/C12H15F4N/c1-8-3-4-10(13)9(7-8)11(17-2)5-6-12(14,15)16/h3-4,7,11,17H,5-6H2,1-2H3. The lowest BCUT2D eigenvalue weighted by Crippen LogP contribution is -2.20. The molecule has 0 aliphatic rings. The van der Waals surface area contributed by atoms with Crippen molar-refractivity contribution in [1.29, 1.82) is 0 Å². The van der Waals surface area contributed by atoms with Gasteiger partial charge in [0.05, 0.1) is 0 Å². The van der Waals surface area contributed by atoms with Gasteiger partial charge < -0.3 is 5.32 Å². The Morgan fingerprint density at radius 2 is 1.94 bits per heavy atom. The maximum atomic E-state index is 13.5. The molecule has 96 valence electrons. The fourth-order valence-electron chi connectivity index (χ4n) is 1.69. The number of alkyl halides is 3. The van der Waals surface area contributed by atoms with E-state index in [1.165, 1.54) is 13.1 Å². The Hall–Kier alpha value is -1.10. The van der Waals surface area contributed by atoms with Gasteiger partial charge in [0.2, 0.25) is 0 Å². The maximum Gasteiger partial charge on any atom is 0.389 e. The van der Waals surface area contributed by atoms with Crippen LogP contribution in [0.1, 0.15) is 30.0 Å². The van der Waals surface area contributed by atoms with Crippen molar-refractivity contribution in [2.24, 2.45) is 0 Å². The predicted octanol–water partition coefficient (Wildman–Crippen LogP) is 3.74. The van der Waals surface area contributed by atoms with Crippen LogP contribution in [0.3, 0.4) is 0 Å². The van der Waals surface area contributed by atoms with Crippen LogP contribution in [-0.2, 0) is 0 Å². The Balaban J connectivity index is 2.82. The van der Waals surface area contributed by atoms with Crippen molar-refractivity contribution in [3.63, 3.8) is 0 Å². The molecule has 0 heterocycles. The molecule has 1 nitrogen and oxygen atoms in total. The quantitative estimate of drug-likeness (QED) is 0.801. The van der Waals surface area contributed by atoms with Gasteiger partial charge in [-0.15, -0.1) is 0 Å². The fraction of sp³-hybridized carbons (Fsp3) is 0.500. The van der Waals surface area contributed by atoms with Crippen LogP contribution in [0.4, 0.5) is 17.6 Å². The van der Waals surface area contributed by atoms with E-state index in [4.69, 9.17) is 0 Å². The van der Waals surface area contributed by atoms with Gasteiger partial charge in [-0.3, -0.25) is 0 Å². The van der Waals surface area contributed by atoms with Crippen molar-refractivity contribution in [3.05, 3.63) is 35.1 Å². The largest absolute Gasteiger partial charge is 0.389 e. The highest BCUT2D eigenvalue weighted by atomic mass is 19.4. The first-order valence-electron chi connectivity index (χ1n) is 5.33. The molecule has 0 bridgehead atoms. The van der Waals surface area contributed by atoms with Crippen LogP contribution < -0.4 is 5.32 Å². The van der Waals surface area contributed by atoms with Crippen LogP contribution in [0.15, 0.2) is 18.2 Å². The summed E-state index contributed by atoms with van der Waals surface area (Å²) in [6, 6.07) is 3.83. The zero-order valence-corrected chi connectivity index (χ0v) is 9.74. The van der Waals surface area contributed by atoms with E-state index in [2.05, 4.69) is 5.32 Å². The van der Waals surface area contributed by atoms with E-state index in [1.54, 1.807) is 19.1 Å². The van der Waals surface area contributed by atoms with Gasteiger partial charge in [0.15, 0.2) is 0 Å². The Morgan fingerprint density at radius 3 is 2.47 bits per heavy atom. The molecule has 1 rings (SSSR count). The lowest BCUT2D eigenvalue weighted by molar-refractivity contribution is -0.136. The second-order valence-corrected chi connectivity index (χ2v) is 4.02. The fourth-order valence-corrected chi connectivity index (χ4v) is 1.69. The molecule has 0 aromatic heterocycles. The van der Waals surface area contributed by atoms with Crippen molar-refractivity contribution < 1.29 is 17.6 Å². The van der Waals surface area contributed by atoms with Gasteiger partial charge in [0.1, 0.15) is 5.82 Å². The first kappa shape index (κ1) is 14.0. The molecule has 0 aliphatic heterocycles. The molecule has 1 unspecified atom stereocenters. The zero-order chi connectivity index (χ0) is 13.1. The van der Waals surface area contributed by atoms with E-state index >= 15 is 0 Å². The first-order valence-corrected chi connectivity index (χ1v) is 5.33. The minimum absolute atomic E-state index is 0.166. The minimum atomic E-state index is -4.21. The number of rotatable bonds is 4. The van der Waals surface area contributed by atoms with E-state index in [0.717, 1.165) is 5.56 Å². The van der Waals surface area contributed by atoms with E-state index in [1.807, 2.05) is 0 Å². The molecule has 0 aliphatic carbocycles. The first-order chi connectivity index (χ1) is 7.83. The van der Waals surface area contributed by atoms with Gasteiger partial charge in [0.25, 0.3) is 0 Å². The molecule has 0 radical (unpaired) electrons. The van der Waals surface area contributed by atoms with Gasteiger partial charge >= 0.3 is 6.18 Å². The van der Waals surface area contributed by atoms with Crippen molar-refractivity contribution in [1.82, 2.24) is 5.32 Å². The zero-order valence-electron chi connectivity index (χ0n) is 9.74. The molecular weight excluding hydrogens is 234 g/mol. The summed E-state index contributed by atoms with van der Waals surface area (Å²) in [5.41, 5.74) is 1.12. The number of aryl methyl sites for hydroxylation is 1. The Labute approximate surface area is 97.8 Å². The highest BCUT2D eigenvalue weighted by Crippen LogP contribution is 2.28. The monoisotopic (exact) mass is 249 g/mol. The molecule has 1 aromatic rings. The molecule has 0 saturated heterocycles. The average Bonchev–Trinajstić information content (AvgIpc) is 2.22. The molecule has 0 fully saturated rings. The van der Waals surface area contributed by atoms with Gasteiger partial charge in [0, 0.05) is 18.0 Å². The lowest BCUT2D eigenvalue weighted by atomic mass is 9.99. The van der Waals surface area contributed by atoms with Gasteiger partial charge in [-0.05, 0) is 26.5 Å². The highest BCUT2D eigenvalue weighted by molar-refractivity contribution is 5.26. The highest BCUT2D eigenvalue weighted by Gasteiger charge is 2.29. The summed E-state index contributed by atoms with van der Waals surface area (Å²) in [6.07, 6.45) is -5.30. The summed E-state index contributed by atoms with van der Waals surface area (Å²) in [5.74, 6) is -0.475. The molecule has 17 heavy (non-hydrogen) atoms. The Bertz CT molecular complexity index is 373. The topological polar surface area (TPSA) is 12.0 Å². The SMILES string of the molecule is CNC(CCC(F)(F)F)c1cc(C)ccc1F. The second-order valence-electron chi connectivity index (χ2n) is 4.02. The Morgan fingerprint density at radius 1 is 1.29 bits per heavy atom. The van der Waals surface area contributed by atoms with Crippen LogP contribution in [0.2, 0.25) is 0 Å². The molecule has 0 amide bonds. The summed E-state index contributed by atoms with van der Waals surface area (Å²) >= 11 is 0. The summed E-state index contributed by atoms with van der Waals surface area (Å²) in [6.45, 7) is 1.78. The minimum Gasteiger partial charge on any atom is -0.313 e. The van der Waals surface area contributed by atoms with E-state index in [9.17, 15) is 17.6 Å². The summed E-state index contributed by atoms with van der Waals surface area (Å²) in [4.78, 5) is 0. The van der Waals surface area contributed by atoms with Crippen LogP contribution in [0, 0.1) is 12.7 Å². The number of hydrogen-bond donors (Lipinski definition) is 1. The number of benzene rings is 1. The van der Waals surface area contributed by atoms with Crippen molar-refractivity contribution in [3.8, 4) is 0 Å². The van der Waals surface area contributed by atoms with Crippen molar-refractivity contribution in [2.45, 2.75) is 32.0 Å². The van der Waals surface area contributed by atoms with Crippen LogP contribution in [0.5, 0.6) is 0 Å². The summed E-state index contributed by atoms with van der Waals surface area (Å²) in [5, 5.41) is 2.72. The van der Waals surface area contributed by atoms with E-state index < -0.39 is 24.5 Å². The average molecular weight is 249 g/mol. The molecule has 1 atom stereocenters. The lowest BCUT2D eigenvalue weighted by Gasteiger charge is -2.18. The molecule has 0 spiro atoms. The summed E-state index contributed by atoms with van der Waals surface area (Å²) in [7, 11) is 1.53. The third-order valence-electron chi connectivity index (χ3n) is 2.59. The third kappa shape index (κ3) is 4.34. The maximum absolute atomic E-state index is 13.5. The number of halogens is 4. The number of hydrogen-bond acceptors (Lipinski definition) is 1. The molecule has 0 saturated carbocycles.